The zero-order chi connectivity index (χ0) is 7.28. The van der Waals surface area contributed by atoms with Gasteiger partial charge in [0.2, 0.25) is 0 Å². The Morgan fingerprint density at radius 1 is 1.89 bits per heavy atom. The summed E-state index contributed by atoms with van der Waals surface area (Å²) in [6.07, 6.45) is 0. The third-order valence-electron chi connectivity index (χ3n) is 0.853. The first-order valence-corrected chi connectivity index (χ1v) is 4.19. The van der Waals surface area contributed by atoms with Crippen LogP contribution in [0.15, 0.2) is 0 Å². The zero-order valence-electron chi connectivity index (χ0n) is 5.33. The van der Waals surface area contributed by atoms with Gasteiger partial charge in [0.05, 0.1) is 11.8 Å². The predicted molar refractivity (Wildman–Crippen MR) is 37.1 cm³/mol. The maximum atomic E-state index is 10.7. The molecule has 9 heavy (non-hydrogen) atoms. The van der Waals surface area contributed by atoms with Crippen molar-refractivity contribution in [3.8, 4) is 6.07 Å². The molecule has 0 fully saturated rings. The molecule has 3 nitrogen and oxygen atoms in total. The molecule has 0 aromatic heterocycles. The number of rotatable bonds is 3. The van der Waals surface area contributed by atoms with Gasteiger partial charge >= 0.3 is 0 Å². The highest BCUT2D eigenvalue weighted by atomic mass is 32.2. The van der Waals surface area contributed by atoms with Crippen LogP contribution in [0.3, 0.4) is 0 Å². The molecule has 0 spiro atoms. The van der Waals surface area contributed by atoms with Crippen molar-refractivity contribution >= 4 is 10.8 Å². The van der Waals surface area contributed by atoms with Crippen LogP contribution in [0.2, 0.25) is 0 Å². The van der Waals surface area contributed by atoms with Crippen molar-refractivity contribution < 1.29 is 4.21 Å². The van der Waals surface area contributed by atoms with E-state index in [0.29, 0.717) is 11.5 Å². The normalized spacial score (nSPS) is 16.1. The van der Waals surface area contributed by atoms with Crippen LogP contribution in [0.4, 0.5) is 0 Å². The maximum Gasteiger partial charge on any atom is 0.104 e. The van der Waals surface area contributed by atoms with Gasteiger partial charge < -0.3 is 5.73 Å². The summed E-state index contributed by atoms with van der Waals surface area (Å²) in [7, 11) is -0.904. The zero-order valence-corrected chi connectivity index (χ0v) is 6.15. The highest BCUT2D eigenvalue weighted by Gasteiger charge is 2.02. The van der Waals surface area contributed by atoms with E-state index in [-0.39, 0.29) is 0 Å². The summed E-state index contributed by atoms with van der Waals surface area (Å²) < 4.78 is 10.7. The molecule has 0 bridgehead atoms. The van der Waals surface area contributed by atoms with E-state index in [1.165, 1.54) is 0 Å². The summed E-state index contributed by atoms with van der Waals surface area (Å²) in [4.78, 5) is 0. The van der Waals surface area contributed by atoms with Crippen molar-refractivity contribution in [2.24, 2.45) is 5.73 Å². The molecule has 0 saturated heterocycles. The molecule has 2 unspecified atom stereocenters. The highest BCUT2D eigenvalue weighted by Crippen LogP contribution is 1.83. The summed E-state index contributed by atoms with van der Waals surface area (Å²) in [6, 6.07) is 1.25. The van der Waals surface area contributed by atoms with Gasteiger partial charge in [-0.1, -0.05) is 6.92 Å². The van der Waals surface area contributed by atoms with Crippen molar-refractivity contribution in [2.45, 2.75) is 13.0 Å². The number of nitriles is 1. The highest BCUT2D eigenvalue weighted by molar-refractivity contribution is 7.85. The van der Waals surface area contributed by atoms with Gasteiger partial charge in [0, 0.05) is 16.6 Å². The van der Waals surface area contributed by atoms with Crippen LogP contribution in [-0.2, 0) is 10.8 Å². The van der Waals surface area contributed by atoms with Crippen LogP contribution in [0, 0.1) is 11.3 Å². The Bertz CT molecular complexity index is 140. The second kappa shape index (κ2) is 4.48. The van der Waals surface area contributed by atoms with E-state index in [1.54, 1.807) is 6.92 Å². The van der Waals surface area contributed by atoms with Crippen LogP contribution in [0.25, 0.3) is 0 Å². The molecule has 0 heterocycles. The maximum absolute atomic E-state index is 10.7. The Morgan fingerprint density at radius 3 is 2.78 bits per heavy atom. The first-order valence-electron chi connectivity index (χ1n) is 2.70. The van der Waals surface area contributed by atoms with Crippen molar-refractivity contribution in [1.82, 2.24) is 0 Å². The van der Waals surface area contributed by atoms with Crippen molar-refractivity contribution in [3.05, 3.63) is 0 Å². The molecule has 2 atom stereocenters. The van der Waals surface area contributed by atoms with Crippen LogP contribution < -0.4 is 5.73 Å². The lowest BCUT2D eigenvalue weighted by Crippen LogP contribution is -2.25. The molecule has 0 saturated carbocycles. The summed E-state index contributed by atoms with van der Waals surface area (Å²) in [6.45, 7) is 1.81. The lowest BCUT2D eigenvalue weighted by Gasteiger charge is -1.98. The summed E-state index contributed by atoms with van der Waals surface area (Å²) >= 11 is 0. The summed E-state index contributed by atoms with van der Waals surface area (Å²) in [5.41, 5.74) is 5.20. The van der Waals surface area contributed by atoms with Crippen molar-refractivity contribution in [1.29, 1.82) is 5.26 Å². The van der Waals surface area contributed by atoms with Gasteiger partial charge in [0.15, 0.2) is 0 Å². The van der Waals surface area contributed by atoms with Gasteiger partial charge in [-0.2, -0.15) is 5.26 Å². The molecular weight excluding hydrogens is 136 g/mol. The number of nitrogens with zero attached hydrogens (tertiary/aromatic N) is 1. The standard InChI is InChI=1S/C5H10N2OS/c1-2-9(8)4-5(7)3-6/h5H,2,4,7H2,1H3. The van der Waals surface area contributed by atoms with E-state index in [0.717, 1.165) is 0 Å². The van der Waals surface area contributed by atoms with Gasteiger partial charge in [0.1, 0.15) is 6.04 Å². The van der Waals surface area contributed by atoms with Crippen LogP contribution in [0.5, 0.6) is 0 Å². The van der Waals surface area contributed by atoms with Crippen LogP contribution >= 0.6 is 0 Å². The third-order valence-corrected chi connectivity index (χ3v) is 2.23. The van der Waals surface area contributed by atoms with E-state index in [2.05, 4.69) is 0 Å². The Balaban J connectivity index is 3.50. The predicted octanol–water partition coefficient (Wildman–Crippen LogP) is -0.394. The Labute approximate surface area is 57.3 Å². The molecule has 0 rings (SSSR count). The van der Waals surface area contributed by atoms with Gasteiger partial charge in [-0.05, 0) is 0 Å². The van der Waals surface area contributed by atoms with E-state index in [4.69, 9.17) is 11.0 Å². The summed E-state index contributed by atoms with van der Waals surface area (Å²) in [5.74, 6) is 0.877. The monoisotopic (exact) mass is 146 g/mol. The molecule has 0 aliphatic heterocycles. The SMILES string of the molecule is CCS(=O)CC(N)C#N. The van der Waals surface area contributed by atoms with Gasteiger partial charge in [-0.3, -0.25) is 4.21 Å². The largest absolute Gasteiger partial charge is 0.315 e. The molecular formula is C5H10N2OS. The molecule has 0 aliphatic rings. The van der Waals surface area contributed by atoms with E-state index >= 15 is 0 Å². The average Bonchev–Trinajstić information content (AvgIpc) is 1.87. The van der Waals surface area contributed by atoms with E-state index in [9.17, 15) is 4.21 Å². The Hall–Kier alpha value is -0.400. The smallest absolute Gasteiger partial charge is 0.104 e. The lowest BCUT2D eigenvalue weighted by atomic mass is 10.4. The minimum absolute atomic E-state index is 0.299. The molecule has 52 valence electrons. The number of hydrogen-bond donors (Lipinski definition) is 1. The molecule has 0 amide bonds. The molecule has 4 heteroatoms. The van der Waals surface area contributed by atoms with Crippen LogP contribution in [0.1, 0.15) is 6.92 Å². The fourth-order valence-corrected chi connectivity index (χ4v) is 1.07. The molecule has 0 aromatic rings. The minimum Gasteiger partial charge on any atom is -0.315 e. The quantitative estimate of drug-likeness (QED) is 0.589. The summed E-state index contributed by atoms with van der Waals surface area (Å²) in [5, 5.41) is 8.17. The fraction of sp³-hybridized carbons (Fsp3) is 0.800. The second-order valence-corrected chi connectivity index (χ2v) is 3.42. The van der Waals surface area contributed by atoms with Gasteiger partial charge in [0.25, 0.3) is 0 Å². The van der Waals surface area contributed by atoms with Crippen LogP contribution in [-0.4, -0.2) is 21.8 Å². The van der Waals surface area contributed by atoms with Gasteiger partial charge in [-0.25, -0.2) is 0 Å². The number of nitrogens with two attached hydrogens (primary N) is 1. The molecule has 0 aromatic carbocycles. The van der Waals surface area contributed by atoms with Crippen molar-refractivity contribution in [2.75, 3.05) is 11.5 Å². The fourth-order valence-electron chi connectivity index (χ4n) is 0.355. The van der Waals surface area contributed by atoms with E-state index in [1.807, 2.05) is 6.07 Å². The van der Waals surface area contributed by atoms with Gasteiger partial charge in [-0.15, -0.1) is 0 Å². The van der Waals surface area contributed by atoms with Crippen molar-refractivity contribution in [3.63, 3.8) is 0 Å². The third kappa shape index (κ3) is 4.13. The minimum atomic E-state index is -0.904. The van der Waals surface area contributed by atoms with E-state index < -0.39 is 16.8 Å². The Kier molecular flexibility index (Phi) is 4.28. The molecule has 2 N–H and O–H groups in total. The second-order valence-electron chi connectivity index (χ2n) is 1.63. The lowest BCUT2D eigenvalue weighted by molar-refractivity contribution is 0.681. The first kappa shape index (κ1) is 8.60. The topological polar surface area (TPSA) is 66.9 Å². The molecule has 0 radical (unpaired) electrons. The Morgan fingerprint density at radius 2 is 2.44 bits per heavy atom. The first-order chi connectivity index (χ1) is 4.20. The average molecular weight is 146 g/mol. The number of hydrogen-bond acceptors (Lipinski definition) is 3. The molecule has 0 aliphatic carbocycles.